The lowest BCUT2D eigenvalue weighted by molar-refractivity contribution is -0.142. The Bertz CT molecular complexity index is 340. The van der Waals surface area contributed by atoms with E-state index >= 15 is 0 Å². The Morgan fingerprint density at radius 1 is 0.737 bits per heavy atom. The van der Waals surface area contributed by atoms with Crippen LogP contribution < -0.4 is 0 Å². The van der Waals surface area contributed by atoms with Crippen molar-refractivity contribution in [3.63, 3.8) is 0 Å². The van der Waals surface area contributed by atoms with Gasteiger partial charge in [0.1, 0.15) is 14.5 Å². The van der Waals surface area contributed by atoms with Crippen LogP contribution in [0.25, 0.3) is 0 Å². The third-order valence-corrected chi connectivity index (χ3v) is 4.62. The molecule has 0 saturated carbocycles. The van der Waals surface area contributed by atoms with Crippen LogP contribution in [-0.2, 0) is 19.2 Å². The van der Waals surface area contributed by atoms with Crippen LogP contribution in [0.3, 0.4) is 0 Å². The average molecular weight is 473 g/mol. The minimum absolute atomic E-state index is 0.394. The predicted octanol–water partition coefficient (Wildman–Crippen LogP) is 0.992. The molecule has 19 heavy (non-hydrogen) atoms. The van der Waals surface area contributed by atoms with Gasteiger partial charge < -0.3 is 20.4 Å². The van der Waals surface area contributed by atoms with Gasteiger partial charge in [0.05, 0.1) is 6.42 Å². The first kappa shape index (κ1) is 20.6. The second-order valence-corrected chi connectivity index (χ2v) is 5.96. The second kappa shape index (κ2) is 10.1. The summed E-state index contributed by atoms with van der Waals surface area (Å²) >= 11 is 8.02. The number of alkyl halides is 3. The fourth-order valence-corrected chi connectivity index (χ4v) is 1.22. The first-order chi connectivity index (χ1) is 8.50. The van der Waals surface area contributed by atoms with Crippen LogP contribution in [0.4, 0.5) is 0 Å². The van der Waals surface area contributed by atoms with E-state index in [1.807, 2.05) is 0 Å². The van der Waals surface area contributed by atoms with Gasteiger partial charge in [-0.3, -0.25) is 19.2 Å². The molecule has 0 aromatic heterocycles. The number of carboxylic acid groups (broad SMARTS) is 4. The highest BCUT2D eigenvalue weighted by Gasteiger charge is 2.28. The van der Waals surface area contributed by atoms with Crippen LogP contribution in [0.15, 0.2) is 0 Å². The quantitative estimate of drug-likeness (QED) is 0.418. The molecule has 0 aliphatic rings. The maximum Gasteiger partial charge on any atom is 0.319 e. The fraction of sp³-hybridized carbons (Fsp3) is 0.500. The lowest BCUT2D eigenvalue weighted by Gasteiger charge is -2.05. The Kier molecular flexibility index (Phi) is 11.0. The number of halogens is 3. The SMILES string of the molecule is O=C(O)C(Br)C(Br)C(=O)O.O=C(O)CC(Br)C(=O)O. The molecule has 110 valence electrons. The number of carbonyl (C=O) groups is 4. The highest BCUT2D eigenvalue weighted by Crippen LogP contribution is 2.14. The van der Waals surface area contributed by atoms with Crippen molar-refractivity contribution in [3.05, 3.63) is 0 Å². The van der Waals surface area contributed by atoms with Gasteiger partial charge in [-0.25, -0.2) is 0 Å². The van der Waals surface area contributed by atoms with Gasteiger partial charge in [-0.1, -0.05) is 47.8 Å². The Balaban J connectivity index is 0. The zero-order valence-electron chi connectivity index (χ0n) is 8.99. The Labute approximate surface area is 132 Å². The highest BCUT2D eigenvalue weighted by molar-refractivity contribution is 9.12. The van der Waals surface area contributed by atoms with E-state index in [1.165, 1.54) is 0 Å². The molecular weight excluding hydrogens is 464 g/mol. The van der Waals surface area contributed by atoms with Crippen molar-refractivity contribution < 1.29 is 39.6 Å². The number of carboxylic acids is 4. The monoisotopic (exact) mass is 470 g/mol. The number of rotatable bonds is 6. The van der Waals surface area contributed by atoms with Gasteiger partial charge in [0.2, 0.25) is 0 Å². The van der Waals surface area contributed by atoms with Crippen molar-refractivity contribution in [2.75, 3.05) is 0 Å². The maximum absolute atomic E-state index is 10.1. The number of aliphatic carboxylic acids is 4. The molecule has 0 spiro atoms. The van der Waals surface area contributed by atoms with Crippen molar-refractivity contribution in [1.82, 2.24) is 0 Å². The molecule has 0 bridgehead atoms. The lowest BCUT2D eigenvalue weighted by Crippen LogP contribution is -2.30. The molecule has 0 radical (unpaired) electrons. The summed E-state index contributed by atoms with van der Waals surface area (Å²) in [6, 6.07) is 0. The summed E-state index contributed by atoms with van der Waals surface area (Å²) in [5, 5.41) is 32.7. The van der Waals surface area contributed by atoms with Crippen LogP contribution in [0.1, 0.15) is 6.42 Å². The smallest absolute Gasteiger partial charge is 0.319 e. The zero-order chi connectivity index (χ0) is 15.7. The Morgan fingerprint density at radius 2 is 1.05 bits per heavy atom. The molecule has 0 aliphatic heterocycles. The summed E-state index contributed by atoms with van der Waals surface area (Å²) in [5.74, 6) is -4.69. The summed E-state index contributed by atoms with van der Waals surface area (Å²) in [6.45, 7) is 0. The molecule has 0 rings (SSSR count). The van der Waals surface area contributed by atoms with E-state index in [1.54, 1.807) is 0 Å². The summed E-state index contributed by atoms with van der Waals surface area (Å²) in [5.41, 5.74) is 0. The van der Waals surface area contributed by atoms with Gasteiger partial charge in [-0.05, 0) is 0 Å². The maximum atomic E-state index is 10.1. The van der Waals surface area contributed by atoms with Gasteiger partial charge in [0.15, 0.2) is 0 Å². The molecule has 3 atom stereocenters. The van der Waals surface area contributed by atoms with E-state index < -0.39 is 44.8 Å². The highest BCUT2D eigenvalue weighted by atomic mass is 79.9. The van der Waals surface area contributed by atoms with Crippen LogP contribution in [0.5, 0.6) is 0 Å². The van der Waals surface area contributed by atoms with E-state index in [9.17, 15) is 19.2 Å². The number of hydrogen-bond acceptors (Lipinski definition) is 4. The van der Waals surface area contributed by atoms with Crippen molar-refractivity contribution in [2.45, 2.75) is 20.9 Å². The first-order valence-corrected chi connectivity index (χ1v) is 7.07. The van der Waals surface area contributed by atoms with Gasteiger partial charge in [0.25, 0.3) is 0 Å². The van der Waals surface area contributed by atoms with Gasteiger partial charge in [-0.15, -0.1) is 0 Å². The van der Waals surface area contributed by atoms with Gasteiger partial charge >= 0.3 is 23.9 Å². The van der Waals surface area contributed by atoms with E-state index in [-0.39, 0.29) is 0 Å². The second-order valence-electron chi connectivity index (χ2n) is 2.88. The summed E-state index contributed by atoms with van der Waals surface area (Å²) < 4.78 is 0. The summed E-state index contributed by atoms with van der Waals surface area (Å²) in [6.07, 6.45) is -0.394. The molecule has 0 amide bonds. The predicted molar refractivity (Wildman–Crippen MR) is 73.3 cm³/mol. The molecule has 3 unspecified atom stereocenters. The van der Waals surface area contributed by atoms with Crippen LogP contribution >= 0.6 is 47.8 Å². The van der Waals surface area contributed by atoms with Crippen LogP contribution in [-0.4, -0.2) is 58.8 Å². The molecule has 4 N–H and O–H groups in total. The van der Waals surface area contributed by atoms with Gasteiger partial charge in [0, 0.05) is 0 Å². The topological polar surface area (TPSA) is 149 Å². The molecule has 0 aromatic rings. The third-order valence-electron chi connectivity index (χ3n) is 1.35. The summed E-state index contributed by atoms with van der Waals surface area (Å²) in [7, 11) is 0. The Hall–Kier alpha value is -0.680. The van der Waals surface area contributed by atoms with E-state index in [0.717, 1.165) is 0 Å². The molecule has 0 heterocycles. The molecule has 0 aromatic carbocycles. The van der Waals surface area contributed by atoms with Crippen molar-refractivity contribution >= 4 is 71.7 Å². The Morgan fingerprint density at radius 3 is 1.16 bits per heavy atom. The minimum atomic E-state index is -1.20. The number of hydrogen-bond donors (Lipinski definition) is 4. The lowest BCUT2D eigenvalue weighted by atomic mass is 10.3. The minimum Gasteiger partial charge on any atom is -0.481 e. The van der Waals surface area contributed by atoms with Gasteiger partial charge in [-0.2, -0.15) is 0 Å². The van der Waals surface area contributed by atoms with Crippen LogP contribution in [0.2, 0.25) is 0 Å². The standard InChI is InChI=1S/C4H4Br2O4.C4H5BrO4/c5-1(3(7)8)2(6)4(9)10;5-2(4(8)9)1-3(6)7/h1-2H,(H,7,8)(H,9,10);2H,1H2,(H,6,7)(H,8,9). The van der Waals surface area contributed by atoms with E-state index in [4.69, 9.17) is 20.4 Å². The molecule has 0 saturated heterocycles. The molecule has 8 nitrogen and oxygen atoms in total. The molecule has 11 heteroatoms. The van der Waals surface area contributed by atoms with E-state index in [0.29, 0.717) is 0 Å². The molecular formula is C8H9Br3O8. The first-order valence-electron chi connectivity index (χ1n) is 4.33. The average Bonchev–Trinajstić information content (AvgIpc) is 2.26. The molecule has 0 aliphatic carbocycles. The summed E-state index contributed by atoms with van der Waals surface area (Å²) in [4.78, 5) is 36.8. The van der Waals surface area contributed by atoms with Crippen molar-refractivity contribution in [3.8, 4) is 0 Å². The molecule has 0 fully saturated rings. The van der Waals surface area contributed by atoms with Crippen molar-refractivity contribution in [1.29, 1.82) is 0 Å². The van der Waals surface area contributed by atoms with Crippen LogP contribution in [0, 0.1) is 0 Å². The zero-order valence-corrected chi connectivity index (χ0v) is 13.8. The normalized spacial score (nSPS) is 14.3. The third kappa shape index (κ3) is 10.9. The van der Waals surface area contributed by atoms with E-state index in [2.05, 4.69) is 47.8 Å². The largest absolute Gasteiger partial charge is 0.481 e. The fourth-order valence-electron chi connectivity index (χ4n) is 0.491. The van der Waals surface area contributed by atoms with Crippen molar-refractivity contribution in [2.24, 2.45) is 0 Å².